The average molecular weight is 412 g/mol. The third kappa shape index (κ3) is 3.43. The zero-order chi connectivity index (χ0) is 17.2. The highest BCUT2D eigenvalue weighted by Crippen LogP contribution is 2.32. The van der Waals surface area contributed by atoms with E-state index in [1.807, 2.05) is 31.2 Å². The van der Waals surface area contributed by atoms with Crippen LogP contribution in [0, 0.1) is 0 Å². The van der Waals surface area contributed by atoms with Crippen LogP contribution >= 0.6 is 15.9 Å². The van der Waals surface area contributed by atoms with Crippen molar-refractivity contribution in [3.05, 3.63) is 53.0 Å². The van der Waals surface area contributed by atoms with Crippen molar-refractivity contribution in [3.63, 3.8) is 0 Å². The van der Waals surface area contributed by atoms with Gasteiger partial charge in [0.1, 0.15) is 12.7 Å². The summed E-state index contributed by atoms with van der Waals surface area (Å²) in [5.41, 5.74) is 0. The zero-order valence-electron chi connectivity index (χ0n) is 13.2. The number of hydrogen-bond donors (Lipinski definition) is 0. The Morgan fingerprint density at radius 3 is 2.50 bits per heavy atom. The van der Waals surface area contributed by atoms with Gasteiger partial charge in [0.05, 0.1) is 11.4 Å². The molecule has 0 spiro atoms. The van der Waals surface area contributed by atoms with Crippen LogP contribution in [0.1, 0.15) is 6.92 Å². The number of para-hydroxylation sites is 2. The van der Waals surface area contributed by atoms with Crippen molar-refractivity contribution in [1.29, 1.82) is 0 Å². The minimum Gasteiger partial charge on any atom is -0.486 e. The molecule has 0 N–H and O–H groups in total. The van der Waals surface area contributed by atoms with E-state index in [0.29, 0.717) is 29.1 Å². The Morgan fingerprint density at radius 1 is 1.12 bits per heavy atom. The van der Waals surface area contributed by atoms with E-state index in [1.165, 1.54) is 4.31 Å². The van der Waals surface area contributed by atoms with E-state index in [2.05, 4.69) is 15.9 Å². The lowest BCUT2D eigenvalue weighted by atomic mass is 10.2. The second kappa shape index (κ2) is 7.13. The summed E-state index contributed by atoms with van der Waals surface area (Å²) in [5.74, 6) is 1.33. The van der Waals surface area contributed by atoms with Crippen LogP contribution in [0.2, 0.25) is 0 Å². The van der Waals surface area contributed by atoms with Crippen molar-refractivity contribution in [2.24, 2.45) is 0 Å². The van der Waals surface area contributed by atoms with Gasteiger partial charge < -0.3 is 9.47 Å². The van der Waals surface area contributed by atoms with Crippen molar-refractivity contribution in [2.75, 3.05) is 19.7 Å². The number of sulfonamides is 1. The molecule has 0 fully saturated rings. The summed E-state index contributed by atoms with van der Waals surface area (Å²) in [4.78, 5) is 0.254. The second-order valence-electron chi connectivity index (χ2n) is 5.38. The van der Waals surface area contributed by atoms with Crippen LogP contribution in [-0.2, 0) is 10.0 Å². The molecule has 1 aliphatic heterocycles. The highest BCUT2D eigenvalue weighted by Gasteiger charge is 2.30. The lowest BCUT2D eigenvalue weighted by Gasteiger charge is -2.30. The van der Waals surface area contributed by atoms with Gasteiger partial charge in [0.15, 0.2) is 11.5 Å². The normalized spacial score (nSPS) is 17.0. The molecule has 1 atom stereocenters. The number of ether oxygens (including phenoxy) is 2. The maximum Gasteiger partial charge on any atom is 0.244 e. The molecular weight excluding hydrogens is 394 g/mol. The summed E-state index contributed by atoms with van der Waals surface area (Å²) in [7, 11) is -3.61. The molecule has 0 aromatic heterocycles. The molecule has 2 aromatic rings. The summed E-state index contributed by atoms with van der Waals surface area (Å²) >= 11 is 3.31. The van der Waals surface area contributed by atoms with Gasteiger partial charge >= 0.3 is 0 Å². The Hall–Kier alpha value is -1.57. The number of benzene rings is 2. The highest BCUT2D eigenvalue weighted by molar-refractivity contribution is 9.10. The van der Waals surface area contributed by atoms with Crippen LogP contribution in [0.5, 0.6) is 11.5 Å². The molecule has 0 saturated carbocycles. The van der Waals surface area contributed by atoms with Gasteiger partial charge in [0, 0.05) is 11.0 Å². The SMILES string of the molecule is CCN(CC1COc2ccccc2O1)S(=O)(=O)c1ccccc1Br. The number of halogens is 1. The maximum absolute atomic E-state index is 12.9. The topological polar surface area (TPSA) is 55.8 Å². The van der Waals surface area contributed by atoms with E-state index in [-0.39, 0.29) is 17.5 Å². The first-order chi connectivity index (χ1) is 11.5. The van der Waals surface area contributed by atoms with Gasteiger partial charge in [-0.2, -0.15) is 4.31 Å². The average Bonchev–Trinajstić information content (AvgIpc) is 2.59. The molecule has 1 unspecified atom stereocenters. The van der Waals surface area contributed by atoms with Crippen molar-refractivity contribution in [2.45, 2.75) is 17.9 Å². The first-order valence-electron chi connectivity index (χ1n) is 7.65. The fraction of sp³-hybridized carbons (Fsp3) is 0.294. The summed E-state index contributed by atoms with van der Waals surface area (Å²) in [6.45, 7) is 2.71. The number of nitrogens with zero attached hydrogens (tertiary/aromatic N) is 1. The van der Waals surface area contributed by atoms with Gasteiger partial charge in [-0.05, 0) is 40.2 Å². The summed E-state index contributed by atoms with van der Waals surface area (Å²) in [6, 6.07) is 14.2. The van der Waals surface area contributed by atoms with Crippen LogP contribution in [0.15, 0.2) is 57.9 Å². The van der Waals surface area contributed by atoms with Crippen molar-refractivity contribution >= 4 is 26.0 Å². The van der Waals surface area contributed by atoms with E-state index in [9.17, 15) is 8.42 Å². The van der Waals surface area contributed by atoms with Crippen LogP contribution in [-0.4, -0.2) is 38.5 Å². The van der Waals surface area contributed by atoms with E-state index in [1.54, 1.807) is 24.3 Å². The van der Waals surface area contributed by atoms with Gasteiger partial charge in [-0.15, -0.1) is 0 Å². The van der Waals surface area contributed by atoms with Crippen LogP contribution in [0.4, 0.5) is 0 Å². The minimum absolute atomic E-state index is 0.231. The molecule has 1 aliphatic rings. The highest BCUT2D eigenvalue weighted by atomic mass is 79.9. The summed E-state index contributed by atoms with van der Waals surface area (Å²) in [5, 5.41) is 0. The molecule has 0 aliphatic carbocycles. The first kappa shape index (κ1) is 17.3. The quantitative estimate of drug-likeness (QED) is 0.757. The predicted molar refractivity (Wildman–Crippen MR) is 94.9 cm³/mol. The Labute approximate surface area is 150 Å². The largest absolute Gasteiger partial charge is 0.486 e. The smallest absolute Gasteiger partial charge is 0.244 e. The lowest BCUT2D eigenvalue weighted by molar-refractivity contribution is 0.0771. The van der Waals surface area contributed by atoms with Gasteiger partial charge in [-0.3, -0.25) is 0 Å². The number of fused-ring (bicyclic) bond motifs is 1. The molecule has 24 heavy (non-hydrogen) atoms. The van der Waals surface area contributed by atoms with Crippen LogP contribution in [0.25, 0.3) is 0 Å². The van der Waals surface area contributed by atoms with E-state index >= 15 is 0 Å². The van der Waals surface area contributed by atoms with Gasteiger partial charge in [0.2, 0.25) is 10.0 Å². The third-order valence-electron chi connectivity index (χ3n) is 3.78. The molecule has 0 saturated heterocycles. The fourth-order valence-corrected chi connectivity index (χ4v) is 5.01. The fourth-order valence-electron chi connectivity index (χ4n) is 2.57. The number of hydrogen-bond acceptors (Lipinski definition) is 4. The molecule has 0 amide bonds. The number of rotatable bonds is 5. The third-order valence-corrected chi connectivity index (χ3v) is 6.73. The first-order valence-corrected chi connectivity index (χ1v) is 9.89. The molecule has 7 heteroatoms. The van der Waals surface area contributed by atoms with Crippen LogP contribution in [0.3, 0.4) is 0 Å². The van der Waals surface area contributed by atoms with Gasteiger partial charge in [-0.25, -0.2) is 8.42 Å². The Bertz CT molecular complexity index is 825. The Morgan fingerprint density at radius 2 is 1.79 bits per heavy atom. The molecule has 0 bridgehead atoms. The zero-order valence-corrected chi connectivity index (χ0v) is 15.6. The minimum atomic E-state index is -3.61. The van der Waals surface area contributed by atoms with Crippen molar-refractivity contribution in [1.82, 2.24) is 4.31 Å². The monoisotopic (exact) mass is 411 g/mol. The summed E-state index contributed by atoms with van der Waals surface area (Å²) in [6.07, 6.45) is -0.350. The van der Waals surface area contributed by atoms with Crippen LogP contribution < -0.4 is 9.47 Å². The predicted octanol–water partition coefficient (Wildman–Crippen LogP) is 3.30. The molecule has 2 aromatic carbocycles. The maximum atomic E-state index is 12.9. The van der Waals surface area contributed by atoms with E-state index in [0.717, 1.165) is 0 Å². The Balaban J connectivity index is 1.79. The standard InChI is InChI=1S/C17H18BrNO4S/c1-2-19(24(20,21)17-10-6-3-7-14(17)18)11-13-12-22-15-8-4-5-9-16(15)23-13/h3-10,13H,2,11-12H2,1H3. The van der Waals surface area contributed by atoms with Crippen molar-refractivity contribution < 1.29 is 17.9 Å². The molecule has 1 heterocycles. The van der Waals surface area contributed by atoms with Gasteiger partial charge in [0.25, 0.3) is 0 Å². The summed E-state index contributed by atoms with van der Waals surface area (Å²) < 4.78 is 39.3. The molecule has 5 nitrogen and oxygen atoms in total. The lowest BCUT2D eigenvalue weighted by Crippen LogP contribution is -2.43. The molecule has 3 rings (SSSR count). The van der Waals surface area contributed by atoms with E-state index in [4.69, 9.17) is 9.47 Å². The molecule has 0 radical (unpaired) electrons. The van der Waals surface area contributed by atoms with Crippen molar-refractivity contribution in [3.8, 4) is 11.5 Å². The van der Waals surface area contributed by atoms with E-state index < -0.39 is 10.0 Å². The molecular formula is C17H18BrNO4S. The second-order valence-corrected chi connectivity index (χ2v) is 8.14. The van der Waals surface area contributed by atoms with Gasteiger partial charge in [-0.1, -0.05) is 31.2 Å². The Kier molecular flexibility index (Phi) is 5.12. The number of likely N-dealkylation sites (N-methyl/N-ethyl adjacent to an activating group) is 1. The molecule has 128 valence electrons.